The predicted molar refractivity (Wildman–Crippen MR) is 54.9 cm³/mol. The van der Waals surface area contributed by atoms with Gasteiger partial charge in [0.2, 0.25) is 5.91 Å². The molecule has 0 spiro atoms. The van der Waals surface area contributed by atoms with E-state index in [0.717, 1.165) is 12.8 Å². The third kappa shape index (κ3) is 2.37. The standard InChI is InChI=1S/C10H18ClNO/c1-9(2,7-11)8(13)12-10(3)5-4-6-10/h4-7H2,1-3H3,(H,12,13). The molecule has 1 aliphatic rings. The van der Waals surface area contributed by atoms with Crippen LogP contribution in [0.3, 0.4) is 0 Å². The van der Waals surface area contributed by atoms with Crippen molar-refractivity contribution in [2.45, 2.75) is 45.6 Å². The van der Waals surface area contributed by atoms with Crippen LogP contribution < -0.4 is 5.32 Å². The molecule has 0 aromatic heterocycles. The summed E-state index contributed by atoms with van der Waals surface area (Å²) in [6, 6.07) is 0. The number of rotatable bonds is 3. The van der Waals surface area contributed by atoms with Crippen LogP contribution in [0.4, 0.5) is 0 Å². The summed E-state index contributed by atoms with van der Waals surface area (Å²) in [7, 11) is 0. The van der Waals surface area contributed by atoms with E-state index in [1.165, 1.54) is 6.42 Å². The van der Waals surface area contributed by atoms with Gasteiger partial charge >= 0.3 is 0 Å². The summed E-state index contributed by atoms with van der Waals surface area (Å²) < 4.78 is 0. The molecule has 13 heavy (non-hydrogen) atoms. The van der Waals surface area contributed by atoms with Gasteiger partial charge in [-0.25, -0.2) is 0 Å². The minimum absolute atomic E-state index is 0.0421. The summed E-state index contributed by atoms with van der Waals surface area (Å²) in [4.78, 5) is 11.7. The SMILES string of the molecule is CC1(NC(=O)C(C)(C)CCl)CCC1. The Balaban J connectivity index is 2.49. The molecular formula is C10H18ClNO. The van der Waals surface area contributed by atoms with Crippen LogP contribution in [0.2, 0.25) is 0 Å². The minimum Gasteiger partial charge on any atom is -0.350 e. The van der Waals surface area contributed by atoms with E-state index in [9.17, 15) is 4.79 Å². The van der Waals surface area contributed by atoms with Gasteiger partial charge in [0.25, 0.3) is 0 Å². The van der Waals surface area contributed by atoms with Gasteiger partial charge in [-0.15, -0.1) is 11.6 Å². The van der Waals surface area contributed by atoms with Crippen LogP contribution in [0.1, 0.15) is 40.0 Å². The molecule has 1 amide bonds. The number of carbonyl (C=O) groups is 1. The monoisotopic (exact) mass is 203 g/mol. The Hall–Kier alpha value is -0.240. The van der Waals surface area contributed by atoms with Crippen molar-refractivity contribution in [2.75, 3.05) is 5.88 Å². The second-order valence-electron chi connectivity index (χ2n) is 4.89. The lowest BCUT2D eigenvalue weighted by Gasteiger charge is -2.41. The number of carbonyl (C=O) groups excluding carboxylic acids is 1. The van der Waals surface area contributed by atoms with Gasteiger partial charge in [-0.3, -0.25) is 4.79 Å². The van der Waals surface area contributed by atoms with Crippen molar-refractivity contribution in [1.29, 1.82) is 0 Å². The lowest BCUT2D eigenvalue weighted by atomic mass is 9.77. The van der Waals surface area contributed by atoms with E-state index < -0.39 is 5.41 Å². The molecule has 0 bridgehead atoms. The quantitative estimate of drug-likeness (QED) is 0.701. The Bertz CT molecular complexity index is 209. The average Bonchev–Trinajstić information content (AvgIpc) is 2.01. The fourth-order valence-electron chi connectivity index (χ4n) is 1.34. The van der Waals surface area contributed by atoms with E-state index in [2.05, 4.69) is 12.2 Å². The van der Waals surface area contributed by atoms with Gasteiger partial charge in [0, 0.05) is 11.4 Å². The summed E-state index contributed by atoms with van der Waals surface area (Å²) >= 11 is 5.72. The van der Waals surface area contributed by atoms with E-state index in [4.69, 9.17) is 11.6 Å². The molecule has 0 aromatic carbocycles. The molecule has 0 aliphatic heterocycles. The van der Waals surface area contributed by atoms with Gasteiger partial charge < -0.3 is 5.32 Å². The second-order valence-corrected chi connectivity index (χ2v) is 5.15. The molecule has 1 saturated carbocycles. The van der Waals surface area contributed by atoms with Gasteiger partial charge in [-0.1, -0.05) is 0 Å². The zero-order chi connectivity index (χ0) is 10.1. The summed E-state index contributed by atoms with van der Waals surface area (Å²) in [5.41, 5.74) is -0.402. The van der Waals surface area contributed by atoms with Crippen LogP contribution >= 0.6 is 11.6 Å². The normalized spacial score (nSPS) is 20.6. The lowest BCUT2D eigenvalue weighted by molar-refractivity contribution is -0.131. The van der Waals surface area contributed by atoms with Crippen LogP contribution in [0.25, 0.3) is 0 Å². The maximum Gasteiger partial charge on any atom is 0.227 e. The smallest absolute Gasteiger partial charge is 0.227 e. The van der Waals surface area contributed by atoms with Crippen LogP contribution in [-0.2, 0) is 4.79 Å². The van der Waals surface area contributed by atoms with E-state index in [1.54, 1.807) is 0 Å². The molecule has 1 fully saturated rings. The van der Waals surface area contributed by atoms with E-state index in [0.29, 0.717) is 5.88 Å². The van der Waals surface area contributed by atoms with Gasteiger partial charge in [0.1, 0.15) is 0 Å². The summed E-state index contributed by atoms with van der Waals surface area (Å²) in [5, 5.41) is 3.06. The Morgan fingerprint density at radius 1 is 1.54 bits per heavy atom. The first-order chi connectivity index (χ1) is 5.90. The molecule has 1 N–H and O–H groups in total. The summed E-state index contributed by atoms with van der Waals surface area (Å²) in [5.74, 6) is 0.444. The topological polar surface area (TPSA) is 29.1 Å². The Morgan fingerprint density at radius 2 is 2.08 bits per heavy atom. The number of hydrogen-bond acceptors (Lipinski definition) is 1. The minimum atomic E-state index is -0.444. The number of hydrogen-bond donors (Lipinski definition) is 1. The number of amides is 1. The molecule has 2 nitrogen and oxygen atoms in total. The van der Waals surface area contributed by atoms with Crippen LogP contribution in [0, 0.1) is 5.41 Å². The first-order valence-corrected chi connectivity index (χ1v) is 5.32. The molecule has 1 rings (SSSR count). The lowest BCUT2D eigenvalue weighted by Crippen LogP contribution is -2.54. The molecule has 0 atom stereocenters. The molecule has 0 saturated heterocycles. The molecule has 0 aromatic rings. The Morgan fingerprint density at radius 3 is 2.38 bits per heavy atom. The highest BCUT2D eigenvalue weighted by Crippen LogP contribution is 2.32. The van der Waals surface area contributed by atoms with Crippen molar-refractivity contribution in [3.63, 3.8) is 0 Å². The van der Waals surface area contributed by atoms with E-state index in [-0.39, 0.29) is 11.4 Å². The van der Waals surface area contributed by atoms with Crippen molar-refractivity contribution in [3.8, 4) is 0 Å². The number of alkyl halides is 1. The molecule has 0 radical (unpaired) electrons. The zero-order valence-electron chi connectivity index (χ0n) is 8.61. The van der Waals surface area contributed by atoms with Gasteiger partial charge in [0.05, 0.1) is 5.41 Å². The highest BCUT2D eigenvalue weighted by Gasteiger charge is 2.37. The van der Waals surface area contributed by atoms with Crippen molar-refractivity contribution in [3.05, 3.63) is 0 Å². The Labute approximate surface area is 85.0 Å². The fourth-order valence-corrected chi connectivity index (χ4v) is 1.46. The molecular weight excluding hydrogens is 186 g/mol. The first-order valence-electron chi connectivity index (χ1n) is 4.78. The third-order valence-corrected chi connectivity index (χ3v) is 3.49. The number of nitrogens with one attached hydrogen (secondary N) is 1. The van der Waals surface area contributed by atoms with E-state index >= 15 is 0 Å². The van der Waals surface area contributed by atoms with Crippen molar-refractivity contribution < 1.29 is 4.79 Å². The second kappa shape index (κ2) is 3.49. The van der Waals surface area contributed by atoms with Crippen molar-refractivity contribution in [1.82, 2.24) is 5.32 Å². The van der Waals surface area contributed by atoms with Gasteiger partial charge in [0.15, 0.2) is 0 Å². The van der Waals surface area contributed by atoms with Crippen molar-refractivity contribution >= 4 is 17.5 Å². The molecule has 76 valence electrons. The summed E-state index contributed by atoms with van der Waals surface area (Å²) in [6.45, 7) is 5.84. The summed E-state index contributed by atoms with van der Waals surface area (Å²) in [6.07, 6.45) is 3.41. The highest BCUT2D eigenvalue weighted by molar-refractivity contribution is 6.19. The maximum absolute atomic E-state index is 11.7. The predicted octanol–water partition coefficient (Wildman–Crippen LogP) is 2.31. The maximum atomic E-state index is 11.7. The van der Waals surface area contributed by atoms with Crippen LogP contribution in [0.5, 0.6) is 0 Å². The van der Waals surface area contributed by atoms with Gasteiger partial charge in [-0.05, 0) is 40.0 Å². The van der Waals surface area contributed by atoms with E-state index in [1.807, 2.05) is 13.8 Å². The van der Waals surface area contributed by atoms with Crippen molar-refractivity contribution in [2.24, 2.45) is 5.41 Å². The highest BCUT2D eigenvalue weighted by atomic mass is 35.5. The molecule has 3 heteroatoms. The zero-order valence-corrected chi connectivity index (χ0v) is 9.37. The molecule has 1 aliphatic carbocycles. The largest absolute Gasteiger partial charge is 0.350 e. The van der Waals surface area contributed by atoms with Crippen LogP contribution in [0.15, 0.2) is 0 Å². The van der Waals surface area contributed by atoms with Crippen LogP contribution in [-0.4, -0.2) is 17.3 Å². The van der Waals surface area contributed by atoms with Gasteiger partial charge in [-0.2, -0.15) is 0 Å². The molecule has 0 unspecified atom stereocenters. The Kier molecular flexibility index (Phi) is 2.91. The first kappa shape index (κ1) is 10.8. The number of halogens is 1. The third-order valence-electron chi connectivity index (χ3n) is 2.82. The fraction of sp³-hybridized carbons (Fsp3) is 0.900. The average molecular weight is 204 g/mol. The molecule has 0 heterocycles.